The molecule has 0 spiro atoms. The molecule has 1 aromatic carbocycles. The molecule has 2 aliphatic carbocycles. The smallest absolute Gasteiger partial charge is 0.119 e. The van der Waals surface area contributed by atoms with Crippen LogP contribution < -0.4 is 4.74 Å². The van der Waals surface area contributed by atoms with Crippen LogP contribution in [-0.2, 0) is 0 Å². The summed E-state index contributed by atoms with van der Waals surface area (Å²) in [5, 5.41) is 9.85. The van der Waals surface area contributed by atoms with Crippen LogP contribution in [0, 0.1) is 35.0 Å². The SMILES string of the molecule is CCCCOc1ccc([C@H]2CC[C@H](CC(C#N)[C@H]3CC[C@H](CCC)CC3)CC2)cc1. The Labute approximate surface area is 185 Å². The molecule has 2 heteroatoms. The zero-order valence-electron chi connectivity index (χ0n) is 19.5. The van der Waals surface area contributed by atoms with Crippen molar-refractivity contribution < 1.29 is 4.74 Å². The lowest BCUT2D eigenvalue weighted by molar-refractivity contribution is 0.189. The van der Waals surface area contributed by atoms with Crippen LogP contribution in [0.1, 0.15) is 109 Å². The molecule has 0 saturated heterocycles. The summed E-state index contributed by atoms with van der Waals surface area (Å²) in [6.07, 6.45) is 16.6. The third kappa shape index (κ3) is 6.76. The Morgan fingerprint density at radius 3 is 2.17 bits per heavy atom. The van der Waals surface area contributed by atoms with Crippen molar-refractivity contribution in [2.45, 2.75) is 103 Å². The molecular weight excluding hydrogens is 366 g/mol. The minimum atomic E-state index is 0.300. The molecule has 2 fully saturated rings. The van der Waals surface area contributed by atoms with Gasteiger partial charge in [0.1, 0.15) is 5.75 Å². The maximum absolute atomic E-state index is 9.85. The van der Waals surface area contributed by atoms with E-state index < -0.39 is 0 Å². The number of benzene rings is 1. The van der Waals surface area contributed by atoms with E-state index in [4.69, 9.17) is 4.74 Å². The standard InChI is InChI=1S/C28H43NO/c1-3-5-19-30-28-17-15-25(16-18-28)24-13-9-23(10-14-24)20-27(21-29)26-11-7-22(6-4-2)8-12-26/h15-18,22-24,26-27H,3-14,19-20H2,1-2H3/t22-,23-,24-,26-,27?. The number of rotatable bonds is 10. The quantitative estimate of drug-likeness (QED) is 0.364. The third-order valence-corrected chi connectivity index (χ3v) is 7.88. The van der Waals surface area contributed by atoms with Gasteiger partial charge >= 0.3 is 0 Å². The first kappa shape index (κ1) is 23.2. The summed E-state index contributed by atoms with van der Waals surface area (Å²) in [4.78, 5) is 0. The summed E-state index contributed by atoms with van der Waals surface area (Å²) in [5.74, 6) is 4.36. The first-order chi connectivity index (χ1) is 14.7. The van der Waals surface area contributed by atoms with E-state index >= 15 is 0 Å². The van der Waals surface area contributed by atoms with Crippen LogP contribution in [0.15, 0.2) is 24.3 Å². The van der Waals surface area contributed by atoms with Gasteiger partial charge in [0.05, 0.1) is 12.7 Å². The Hall–Kier alpha value is -1.49. The molecule has 0 aliphatic heterocycles. The lowest BCUT2D eigenvalue weighted by Crippen LogP contribution is -2.24. The van der Waals surface area contributed by atoms with Gasteiger partial charge < -0.3 is 4.74 Å². The third-order valence-electron chi connectivity index (χ3n) is 7.88. The molecule has 3 rings (SSSR count). The van der Waals surface area contributed by atoms with E-state index in [1.807, 2.05) is 0 Å². The van der Waals surface area contributed by atoms with Crippen LogP contribution in [0.3, 0.4) is 0 Å². The van der Waals surface area contributed by atoms with Gasteiger partial charge in [0.15, 0.2) is 0 Å². The second kappa shape index (κ2) is 12.4. The minimum Gasteiger partial charge on any atom is -0.494 e. The summed E-state index contributed by atoms with van der Waals surface area (Å²) in [7, 11) is 0. The maximum Gasteiger partial charge on any atom is 0.119 e. The van der Waals surface area contributed by atoms with Crippen molar-refractivity contribution in [2.24, 2.45) is 23.7 Å². The zero-order valence-corrected chi connectivity index (χ0v) is 19.5. The van der Waals surface area contributed by atoms with Crippen molar-refractivity contribution >= 4 is 0 Å². The van der Waals surface area contributed by atoms with Gasteiger partial charge in [-0.05, 0) is 92.7 Å². The van der Waals surface area contributed by atoms with Crippen LogP contribution in [0.2, 0.25) is 0 Å². The summed E-state index contributed by atoms with van der Waals surface area (Å²) in [6.45, 7) is 5.32. The average molecular weight is 410 g/mol. The largest absolute Gasteiger partial charge is 0.494 e. The van der Waals surface area contributed by atoms with Gasteiger partial charge in [0, 0.05) is 5.92 Å². The molecule has 166 valence electrons. The van der Waals surface area contributed by atoms with Crippen molar-refractivity contribution in [2.75, 3.05) is 6.61 Å². The van der Waals surface area contributed by atoms with Gasteiger partial charge in [-0.2, -0.15) is 5.26 Å². The Morgan fingerprint density at radius 2 is 1.57 bits per heavy atom. The van der Waals surface area contributed by atoms with E-state index in [0.29, 0.717) is 17.8 Å². The second-order valence-corrected chi connectivity index (χ2v) is 10.0. The fourth-order valence-electron chi connectivity index (χ4n) is 5.90. The van der Waals surface area contributed by atoms with Gasteiger partial charge in [-0.15, -0.1) is 0 Å². The molecular formula is C28H43NO. The summed E-state index contributed by atoms with van der Waals surface area (Å²) >= 11 is 0. The molecule has 30 heavy (non-hydrogen) atoms. The van der Waals surface area contributed by atoms with Crippen molar-refractivity contribution in [1.29, 1.82) is 5.26 Å². The molecule has 2 nitrogen and oxygen atoms in total. The van der Waals surface area contributed by atoms with E-state index in [1.54, 1.807) is 0 Å². The normalized spacial score (nSPS) is 27.9. The molecule has 2 aliphatic rings. The van der Waals surface area contributed by atoms with E-state index in [1.165, 1.54) is 76.2 Å². The van der Waals surface area contributed by atoms with Crippen LogP contribution in [0.5, 0.6) is 5.75 Å². The zero-order chi connectivity index (χ0) is 21.2. The Kier molecular flexibility index (Phi) is 9.57. The minimum absolute atomic E-state index is 0.300. The second-order valence-electron chi connectivity index (χ2n) is 10.0. The molecule has 2 saturated carbocycles. The van der Waals surface area contributed by atoms with Crippen molar-refractivity contribution in [3.05, 3.63) is 29.8 Å². The lowest BCUT2D eigenvalue weighted by Gasteiger charge is -2.34. The van der Waals surface area contributed by atoms with E-state index in [-0.39, 0.29) is 0 Å². The van der Waals surface area contributed by atoms with Gasteiger partial charge in [0.25, 0.3) is 0 Å². The highest BCUT2D eigenvalue weighted by Gasteiger charge is 2.31. The summed E-state index contributed by atoms with van der Waals surface area (Å²) in [6, 6.07) is 11.6. The lowest BCUT2D eigenvalue weighted by atomic mass is 9.70. The monoisotopic (exact) mass is 409 g/mol. The molecule has 0 radical (unpaired) electrons. The molecule has 1 aromatic rings. The number of unbranched alkanes of at least 4 members (excludes halogenated alkanes) is 1. The van der Waals surface area contributed by atoms with Gasteiger partial charge in [-0.25, -0.2) is 0 Å². The molecule has 1 unspecified atom stereocenters. The molecule has 1 atom stereocenters. The van der Waals surface area contributed by atoms with Crippen LogP contribution in [0.25, 0.3) is 0 Å². The van der Waals surface area contributed by atoms with E-state index in [9.17, 15) is 5.26 Å². The van der Waals surface area contributed by atoms with Crippen molar-refractivity contribution in [3.8, 4) is 11.8 Å². The number of nitriles is 1. The highest BCUT2D eigenvalue weighted by atomic mass is 16.5. The van der Waals surface area contributed by atoms with Crippen molar-refractivity contribution in [3.63, 3.8) is 0 Å². The van der Waals surface area contributed by atoms with Crippen LogP contribution >= 0.6 is 0 Å². The first-order valence-electron chi connectivity index (χ1n) is 12.9. The molecule has 0 amide bonds. The average Bonchev–Trinajstić information content (AvgIpc) is 2.79. The van der Waals surface area contributed by atoms with Crippen LogP contribution in [0.4, 0.5) is 0 Å². The molecule has 0 heterocycles. The van der Waals surface area contributed by atoms with Gasteiger partial charge in [-0.1, -0.05) is 58.1 Å². The maximum atomic E-state index is 9.85. The Balaban J connectivity index is 1.42. The number of ether oxygens (including phenoxy) is 1. The molecule has 0 N–H and O–H groups in total. The van der Waals surface area contributed by atoms with Gasteiger partial charge in [0.2, 0.25) is 0 Å². The first-order valence-corrected chi connectivity index (χ1v) is 12.9. The van der Waals surface area contributed by atoms with Crippen LogP contribution in [-0.4, -0.2) is 6.61 Å². The topological polar surface area (TPSA) is 33.0 Å². The number of hydrogen-bond donors (Lipinski definition) is 0. The Morgan fingerprint density at radius 1 is 0.900 bits per heavy atom. The fraction of sp³-hybridized carbons (Fsp3) is 0.750. The van der Waals surface area contributed by atoms with Crippen molar-refractivity contribution in [1.82, 2.24) is 0 Å². The van der Waals surface area contributed by atoms with E-state index in [0.717, 1.165) is 37.0 Å². The highest BCUT2D eigenvalue weighted by molar-refractivity contribution is 5.29. The van der Waals surface area contributed by atoms with E-state index in [2.05, 4.69) is 44.2 Å². The molecule has 0 bridgehead atoms. The number of hydrogen-bond acceptors (Lipinski definition) is 2. The summed E-state index contributed by atoms with van der Waals surface area (Å²) in [5.41, 5.74) is 1.47. The predicted molar refractivity (Wildman–Crippen MR) is 126 cm³/mol. The number of nitrogens with zero attached hydrogens (tertiary/aromatic N) is 1. The van der Waals surface area contributed by atoms with Gasteiger partial charge in [-0.3, -0.25) is 0 Å². The predicted octanol–water partition coefficient (Wildman–Crippen LogP) is 8.28. The molecule has 0 aromatic heterocycles. The fourth-order valence-corrected chi connectivity index (χ4v) is 5.90. The highest BCUT2D eigenvalue weighted by Crippen LogP contribution is 2.42. The summed E-state index contributed by atoms with van der Waals surface area (Å²) < 4.78 is 5.81. The Bertz CT molecular complexity index is 630.